The van der Waals surface area contributed by atoms with Gasteiger partial charge in [0, 0.05) is 12.2 Å². The first-order chi connectivity index (χ1) is 15.8. The highest BCUT2D eigenvalue weighted by Crippen LogP contribution is 2.28. The summed E-state index contributed by atoms with van der Waals surface area (Å²) in [5, 5.41) is 8.15. The third-order valence-corrected chi connectivity index (χ3v) is 5.05. The molecule has 1 aliphatic rings. The van der Waals surface area contributed by atoms with E-state index in [0.717, 1.165) is 6.20 Å². The van der Waals surface area contributed by atoms with Crippen LogP contribution in [-0.2, 0) is 6.18 Å². The molecule has 1 aliphatic heterocycles. The molecule has 170 valence electrons. The maximum Gasteiger partial charge on any atom is 0.434 e. The minimum atomic E-state index is -4.61. The Balaban J connectivity index is 1.59. The number of ether oxygens (including phenoxy) is 1. The molecule has 0 aromatic carbocycles. The molecule has 4 heterocycles. The molecule has 0 radical (unpaired) electrons. The molecule has 1 fully saturated rings. The second kappa shape index (κ2) is 8.85. The number of carbonyl (C=O) groups excluding carboxylic acids is 1. The van der Waals surface area contributed by atoms with Crippen molar-refractivity contribution in [1.29, 1.82) is 0 Å². The summed E-state index contributed by atoms with van der Waals surface area (Å²) in [6, 6.07) is 2.63. The van der Waals surface area contributed by atoms with Gasteiger partial charge in [-0.3, -0.25) is 4.79 Å². The van der Waals surface area contributed by atoms with Gasteiger partial charge in [0.2, 0.25) is 5.88 Å². The number of aryl methyl sites for hydroxylation is 1. The Morgan fingerprint density at radius 1 is 1.21 bits per heavy atom. The minimum absolute atomic E-state index is 0.113. The van der Waals surface area contributed by atoms with Crippen LogP contribution in [0, 0.1) is 19.3 Å². The predicted octanol–water partition coefficient (Wildman–Crippen LogP) is 2.46. The van der Waals surface area contributed by atoms with Crippen LogP contribution in [0.5, 0.6) is 5.88 Å². The number of hydrogen-bond donors (Lipinski definition) is 0. The molecular formula is C21H18F3N7O2. The second-order valence-electron chi connectivity index (χ2n) is 7.29. The Morgan fingerprint density at radius 3 is 2.61 bits per heavy atom. The van der Waals surface area contributed by atoms with Crippen molar-refractivity contribution in [3.63, 3.8) is 0 Å². The number of carbonyl (C=O) groups is 1. The summed E-state index contributed by atoms with van der Waals surface area (Å²) in [7, 11) is 0. The number of aromatic nitrogens is 6. The van der Waals surface area contributed by atoms with E-state index in [0.29, 0.717) is 37.0 Å². The number of rotatable bonds is 4. The van der Waals surface area contributed by atoms with Gasteiger partial charge in [0.1, 0.15) is 17.8 Å². The highest BCUT2D eigenvalue weighted by atomic mass is 19.4. The predicted molar refractivity (Wildman–Crippen MR) is 108 cm³/mol. The molecule has 12 heteroatoms. The smallest absolute Gasteiger partial charge is 0.434 e. The zero-order valence-corrected chi connectivity index (χ0v) is 17.4. The molecule has 1 saturated heterocycles. The molecule has 0 unspecified atom stereocenters. The van der Waals surface area contributed by atoms with E-state index in [4.69, 9.17) is 11.2 Å². The number of alkyl halides is 3. The highest BCUT2D eigenvalue weighted by molar-refractivity contribution is 5.96. The monoisotopic (exact) mass is 457 g/mol. The zero-order valence-electron chi connectivity index (χ0n) is 17.4. The van der Waals surface area contributed by atoms with Gasteiger partial charge in [-0.05, 0) is 31.9 Å². The summed E-state index contributed by atoms with van der Waals surface area (Å²) < 4.78 is 43.9. The average molecular weight is 457 g/mol. The van der Waals surface area contributed by atoms with Gasteiger partial charge in [-0.1, -0.05) is 5.92 Å². The van der Waals surface area contributed by atoms with Crippen molar-refractivity contribution in [3.8, 4) is 23.9 Å². The summed E-state index contributed by atoms with van der Waals surface area (Å²) in [4.78, 5) is 27.6. The van der Waals surface area contributed by atoms with Crippen LogP contribution in [0.3, 0.4) is 0 Å². The fraction of sp³-hybridized carbons (Fsp3) is 0.333. The molecule has 0 spiro atoms. The van der Waals surface area contributed by atoms with Gasteiger partial charge in [0.05, 0.1) is 24.8 Å². The van der Waals surface area contributed by atoms with E-state index in [1.54, 1.807) is 19.1 Å². The van der Waals surface area contributed by atoms with E-state index in [9.17, 15) is 18.0 Å². The van der Waals surface area contributed by atoms with Gasteiger partial charge in [0.15, 0.2) is 11.4 Å². The molecule has 0 N–H and O–H groups in total. The van der Waals surface area contributed by atoms with Crippen LogP contribution in [0.1, 0.15) is 34.7 Å². The van der Waals surface area contributed by atoms with Gasteiger partial charge in [0.25, 0.3) is 5.91 Å². The van der Waals surface area contributed by atoms with Crippen molar-refractivity contribution in [2.24, 2.45) is 0 Å². The molecule has 3 aromatic rings. The van der Waals surface area contributed by atoms with Crippen LogP contribution in [0.4, 0.5) is 13.2 Å². The lowest BCUT2D eigenvalue weighted by Crippen LogP contribution is -2.52. The number of terminal acetylenes is 1. The summed E-state index contributed by atoms with van der Waals surface area (Å²) >= 11 is 0. The number of nitrogens with zero attached hydrogens (tertiary/aromatic N) is 7. The Bertz CT molecular complexity index is 1170. The van der Waals surface area contributed by atoms with Gasteiger partial charge < -0.3 is 9.64 Å². The summed E-state index contributed by atoms with van der Waals surface area (Å²) in [6.07, 6.45) is 5.93. The molecular weight excluding hydrogens is 439 g/mol. The van der Waals surface area contributed by atoms with Crippen LogP contribution in [0.15, 0.2) is 36.9 Å². The van der Waals surface area contributed by atoms with Crippen molar-refractivity contribution in [1.82, 2.24) is 34.8 Å². The van der Waals surface area contributed by atoms with E-state index in [1.807, 2.05) is 0 Å². The largest absolute Gasteiger partial charge is 0.470 e. The van der Waals surface area contributed by atoms with Crippen LogP contribution in [0.25, 0.3) is 5.69 Å². The quantitative estimate of drug-likeness (QED) is 0.555. The van der Waals surface area contributed by atoms with Crippen LogP contribution >= 0.6 is 0 Å². The van der Waals surface area contributed by atoms with E-state index < -0.39 is 29.9 Å². The number of amides is 1. The maximum absolute atomic E-state index is 13.5. The van der Waals surface area contributed by atoms with Crippen LogP contribution in [-0.4, -0.2) is 59.4 Å². The van der Waals surface area contributed by atoms with Gasteiger partial charge >= 0.3 is 6.18 Å². The summed E-state index contributed by atoms with van der Waals surface area (Å²) in [5.74, 6) is 2.02. The Labute approximate surface area is 186 Å². The topological polar surface area (TPSA) is 98.9 Å². The standard InChI is InChI=1S/C21H18F3N7O2/c1-3-14-16(33-18-12-25-17(11-26-18)21(22,23)24)5-4-10-30(14)20(32)19-15(7-6-13(2)29-19)31-27-8-9-28-31/h1,6-9,11-12,14,16H,4-5,10H2,2H3/t14-,16+/m0/s1. The molecule has 3 aromatic heterocycles. The van der Waals surface area contributed by atoms with Gasteiger partial charge in [-0.15, -0.1) is 11.2 Å². The van der Waals surface area contributed by atoms with E-state index in [2.05, 4.69) is 31.1 Å². The first-order valence-electron chi connectivity index (χ1n) is 9.95. The fourth-order valence-electron chi connectivity index (χ4n) is 3.53. The van der Waals surface area contributed by atoms with Gasteiger partial charge in [-0.2, -0.15) is 23.4 Å². The zero-order chi connectivity index (χ0) is 23.6. The molecule has 4 rings (SSSR count). The number of likely N-dealkylation sites (tertiary alicyclic amines) is 1. The molecule has 0 aliphatic carbocycles. The number of pyridine rings is 1. The lowest BCUT2D eigenvalue weighted by atomic mass is 9.98. The van der Waals surface area contributed by atoms with Crippen molar-refractivity contribution in [2.75, 3.05) is 6.54 Å². The maximum atomic E-state index is 13.5. The number of piperidine rings is 1. The minimum Gasteiger partial charge on any atom is -0.470 e. The first kappa shape index (κ1) is 22.2. The summed E-state index contributed by atoms with van der Waals surface area (Å²) in [6.45, 7) is 2.11. The molecule has 9 nitrogen and oxygen atoms in total. The summed E-state index contributed by atoms with van der Waals surface area (Å²) in [5.41, 5.74) is 0.00914. The van der Waals surface area contributed by atoms with Crippen molar-refractivity contribution >= 4 is 5.91 Å². The molecule has 0 saturated carbocycles. The average Bonchev–Trinajstić information content (AvgIpc) is 3.33. The molecule has 2 atom stereocenters. The molecule has 33 heavy (non-hydrogen) atoms. The Morgan fingerprint density at radius 2 is 1.97 bits per heavy atom. The van der Waals surface area contributed by atoms with Crippen LogP contribution < -0.4 is 4.74 Å². The van der Waals surface area contributed by atoms with Crippen LogP contribution in [0.2, 0.25) is 0 Å². The van der Waals surface area contributed by atoms with Crippen molar-refractivity contribution < 1.29 is 22.7 Å². The Hall–Kier alpha value is -4.01. The third kappa shape index (κ3) is 4.62. The first-order valence-corrected chi connectivity index (χ1v) is 9.95. The van der Waals surface area contributed by atoms with Gasteiger partial charge in [-0.25, -0.2) is 15.0 Å². The normalized spacial score (nSPS) is 18.6. The lowest BCUT2D eigenvalue weighted by molar-refractivity contribution is -0.141. The third-order valence-electron chi connectivity index (χ3n) is 5.05. The Kier molecular flexibility index (Phi) is 5.95. The highest BCUT2D eigenvalue weighted by Gasteiger charge is 2.37. The number of hydrogen-bond acceptors (Lipinski definition) is 7. The molecule has 1 amide bonds. The molecule has 0 bridgehead atoms. The fourth-order valence-corrected chi connectivity index (χ4v) is 3.53. The van der Waals surface area contributed by atoms with Crippen molar-refractivity contribution in [3.05, 3.63) is 54.0 Å². The van der Waals surface area contributed by atoms with E-state index in [-0.39, 0.29) is 11.6 Å². The van der Waals surface area contributed by atoms with E-state index >= 15 is 0 Å². The van der Waals surface area contributed by atoms with Crippen molar-refractivity contribution in [2.45, 2.75) is 38.1 Å². The lowest BCUT2D eigenvalue weighted by Gasteiger charge is -2.38. The SMILES string of the molecule is C#C[C@H]1[C@H](Oc2cnc(C(F)(F)F)cn2)CCCN1C(=O)c1nc(C)ccc1-n1nccn1. The number of halogens is 3. The second-order valence-corrected chi connectivity index (χ2v) is 7.29. The van der Waals surface area contributed by atoms with E-state index in [1.165, 1.54) is 22.1 Å².